The lowest BCUT2D eigenvalue weighted by Gasteiger charge is -2.06. The lowest BCUT2D eigenvalue weighted by molar-refractivity contribution is -0.115. The van der Waals surface area contributed by atoms with Crippen LogP contribution in [0, 0.1) is 0 Å². The Morgan fingerprint density at radius 3 is 2.76 bits per heavy atom. The van der Waals surface area contributed by atoms with Gasteiger partial charge in [0.1, 0.15) is 0 Å². The maximum Gasteiger partial charge on any atom is 0.228 e. The second-order valence-electron chi connectivity index (χ2n) is 3.67. The zero-order valence-electron chi connectivity index (χ0n) is 9.26. The number of anilines is 2. The molecule has 0 saturated heterocycles. The van der Waals surface area contributed by atoms with E-state index < -0.39 is 0 Å². The summed E-state index contributed by atoms with van der Waals surface area (Å²) < 4.78 is 0. The molecule has 0 atom stereocenters. The first-order valence-electron chi connectivity index (χ1n) is 5.29. The van der Waals surface area contributed by atoms with Gasteiger partial charge in [-0.15, -0.1) is 0 Å². The molecule has 1 aromatic carbocycles. The molecule has 4 heteroatoms. The first-order valence-corrected chi connectivity index (χ1v) is 5.29. The Kier molecular flexibility index (Phi) is 3.35. The second-order valence-corrected chi connectivity index (χ2v) is 3.67. The highest BCUT2D eigenvalue weighted by atomic mass is 16.1. The smallest absolute Gasteiger partial charge is 0.228 e. The van der Waals surface area contributed by atoms with Crippen LogP contribution in [0.3, 0.4) is 0 Å². The number of nitrogens with one attached hydrogen (secondary N) is 1. The largest absolute Gasteiger partial charge is 0.398 e. The van der Waals surface area contributed by atoms with Gasteiger partial charge in [-0.05, 0) is 23.8 Å². The van der Waals surface area contributed by atoms with Crippen molar-refractivity contribution in [2.24, 2.45) is 0 Å². The molecule has 0 aliphatic rings. The van der Waals surface area contributed by atoms with Gasteiger partial charge in [0.2, 0.25) is 5.91 Å². The third-order valence-corrected chi connectivity index (χ3v) is 2.35. The van der Waals surface area contributed by atoms with Crippen LogP contribution in [0.1, 0.15) is 5.56 Å². The number of rotatable bonds is 3. The Bertz CT molecular complexity index is 511. The van der Waals surface area contributed by atoms with Gasteiger partial charge >= 0.3 is 0 Å². The number of aromatic nitrogens is 1. The van der Waals surface area contributed by atoms with Crippen LogP contribution in [0.25, 0.3) is 0 Å². The Hall–Kier alpha value is -2.36. The molecular weight excluding hydrogens is 214 g/mol. The van der Waals surface area contributed by atoms with Crippen LogP contribution in [-0.4, -0.2) is 10.9 Å². The van der Waals surface area contributed by atoms with Gasteiger partial charge in [0.15, 0.2) is 0 Å². The van der Waals surface area contributed by atoms with E-state index in [9.17, 15) is 4.79 Å². The molecule has 3 N–H and O–H groups in total. The monoisotopic (exact) mass is 227 g/mol. The van der Waals surface area contributed by atoms with E-state index in [1.54, 1.807) is 30.6 Å². The molecule has 17 heavy (non-hydrogen) atoms. The first-order chi connectivity index (χ1) is 8.25. The van der Waals surface area contributed by atoms with E-state index in [0.29, 0.717) is 11.4 Å². The molecule has 0 saturated carbocycles. The molecule has 2 rings (SSSR count). The molecule has 86 valence electrons. The van der Waals surface area contributed by atoms with E-state index in [2.05, 4.69) is 10.3 Å². The zero-order chi connectivity index (χ0) is 12.1. The average molecular weight is 227 g/mol. The maximum atomic E-state index is 11.7. The minimum absolute atomic E-state index is 0.101. The average Bonchev–Trinajstić information content (AvgIpc) is 2.33. The molecule has 0 spiro atoms. The summed E-state index contributed by atoms with van der Waals surface area (Å²) in [5, 5.41) is 2.76. The van der Waals surface area contributed by atoms with Crippen molar-refractivity contribution in [3.63, 3.8) is 0 Å². The van der Waals surface area contributed by atoms with Crippen LogP contribution >= 0.6 is 0 Å². The summed E-state index contributed by atoms with van der Waals surface area (Å²) in [5.41, 5.74) is 7.92. The van der Waals surface area contributed by atoms with Crippen molar-refractivity contribution in [1.82, 2.24) is 4.98 Å². The van der Waals surface area contributed by atoms with Gasteiger partial charge in [0.05, 0.1) is 18.3 Å². The minimum atomic E-state index is -0.101. The number of pyridine rings is 1. The fourth-order valence-corrected chi connectivity index (χ4v) is 1.51. The molecule has 0 radical (unpaired) electrons. The molecule has 4 nitrogen and oxygen atoms in total. The molecule has 1 aromatic heterocycles. The van der Waals surface area contributed by atoms with Crippen LogP contribution in [0.2, 0.25) is 0 Å². The van der Waals surface area contributed by atoms with Crippen LogP contribution in [0.4, 0.5) is 11.4 Å². The molecule has 0 bridgehead atoms. The van der Waals surface area contributed by atoms with Gasteiger partial charge in [-0.3, -0.25) is 9.78 Å². The number of hydrogen-bond acceptors (Lipinski definition) is 3. The molecule has 0 aliphatic carbocycles. The van der Waals surface area contributed by atoms with E-state index in [1.807, 2.05) is 18.2 Å². The van der Waals surface area contributed by atoms with Crippen molar-refractivity contribution in [3.05, 3.63) is 54.4 Å². The van der Waals surface area contributed by atoms with Crippen molar-refractivity contribution in [2.75, 3.05) is 11.1 Å². The van der Waals surface area contributed by atoms with Crippen LogP contribution in [0.5, 0.6) is 0 Å². The highest BCUT2D eigenvalue weighted by molar-refractivity contribution is 5.92. The highest BCUT2D eigenvalue weighted by Gasteiger charge is 2.06. The van der Waals surface area contributed by atoms with Gasteiger partial charge < -0.3 is 11.1 Å². The van der Waals surface area contributed by atoms with E-state index >= 15 is 0 Å². The molecular formula is C13H13N3O. The van der Waals surface area contributed by atoms with E-state index in [-0.39, 0.29) is 12.3 Å². The molecule has 1 heterocycles. The number of nitrogen functional groups attached to an aromatic ring is 1. The Morgan fingerprint density at radius 2 is 2.06 bits per heavy atom. The van der Waals surface area contributed by atoms with Crippen LogP contribution in [-0.2, 0) is 11.2 Å². The third kappa shape index (κ3) is 3.04. The van der Waals surface area contributed by atoms with Crippen molar-refractivity contribution in [3.8, 4) is 0 Å². The number of amides is 1. The van der Waals surface area contributed by atoms with Crippen LogP contribution in [0.15, 0.2) is 48.8 Å². The lowest BCUT2D eigenvalue weighted by atomic mass is 10.1. The van der Waals surface area contributed by atoms with Gasteiger partial charge in [0.25, 0.3) is 0 Å². The Labute approximate surface area is 99.5 Å². The number of carbonyl (C=O) groups is 1. The summed E-state index contributed by atoms with van der Waals surface area (Å²) in [6.45, 7) is 0. The van der Waals surface area contributed by atoms with E-state index in [4.69, 9.17) is 5.73 Å². The van der Waals surface area contributed by atoms with Gasteiger partial charge in [0, 0.05) is 11.9 Å². The number of hydrogen-bond donors (Lipinski definition) is 2. The van der Waals surface area contributed by atoms with E-state index in [0.717, 1.165) is 5.56 Å². The lowest BCUT2D eigenvalue weighted by Crippen LogP contribution is -2.15. The molecule has 2 aromatic rings. The summed E-state index contributed by atoms with van der Waals surface area (Å²) in [6, 6.07) is 10.9. The van der Waals surface area contributed by atoms with Gasteiger partial charge in [-0.1, -0.05) is 18.2 Å². The molecule has 0 unspecified atom stereocenters. The number of nitrogens with two attached hydrogens (primary N) is 1. The summed E-state index contributed by atoms with van der Waals surface area (Å²) in [5.74, 6) is -0.101. The third-order valence-electron chi connectivity index (χ3n) is 2.35. The fraction of sp³-hybridized carbons (Fsp3) is 0.0769. The van der Waals surface area contributed by atoms with Crippen LogP contribution < -0.4 is 11.1 Å². The van der Waals surface area contributed by atoms with Crippen molar-refractivity contribution in [2.45, 2.75) is 6.42 Å². The van der Waals surface area contributed by atoms with Crippen molar-refractivity contribution in [1.29, 1.82) is 0 Å². The van der Waals surface area contributed by atoms with Crippen molar-refractivity contribution >= 4 is 17.3 Å². The number of para-hydroxylation sites is 1. The predicted octanol–water partition coefficient (Wildman–Crippen LogP) is 1.84. The topological polar surface area (TPSA) is 68.0 Å². The van der Waals surface area contributed by atoms with Gasteiger partial charge in [-0.2, -0.15) is 0 Å². The Morgan fingerprint density at radius 1 is 1.24 bits per heavy atom. The van der Waals surface area contributed by atoms with Crippen molar-refractivity contribution < 1.29 is 4.79 Å². The van der Waals surface area contributed by atoms with Gasteiger partial charge in [-0.25, -0.2) is 0 Å². The highest BCUT2D eigenvalue weighted by Crippen LogP contribution is 2.12. The quantitative estimate of drug-likeness (QED) is 0.786. The molecule has 0 fully saturated rings. The zero-order valence-corrected chi connectivity index (χ0v) is 9.26. The minimum Gasteiger partial charge on any atom is -0.398 e. The van der Waals surface area contributed by atoms with E-state index in [1.165, 1.54) is 0 Å². The first kappa shape index (κ1) is 11.1. The molecule has 0 aliphatic heterocycles. The predicted molar refractivity (Wildman–Crippen MR) is 67.4 cm³/mol. The standard InChI is InChI=1S/C13H13N3O/c14-12-6-2-1-4-10(12)8-13(17)16-11-5-3-7-15-9-11/h1-7,9H,8,14H2,(H,16,17). The summed E-state index contributed by atoms with van der Waals surface area (Å²) in [6.07, 6.45) is 3.53. The Balaban J connectivity index is 2.01. The summed E-state index contributed by atoms with van der Waals surface area (Å²) in [7, 11) is 0. The molecule has 1 amide bonds. The summed E-state index contributed by atoms with van der Waals surface area (Å²) in [4.78, 5) is 15.7. The SMILES string of the molecule is Nc1ccccc1CC(=O)Nc1cccnc1. The maximum absolute atomic E-state index is 11.7. The second kappa shape index (κ2) is 5.12. The number of benzene rings is 1. The number of nitrogens with zero attached hydrogens (tertiary/aromatic N) is 1. The number of carbonyl (C=O) groups excluding carboxylic acids is 1. The summed E-state index contributed by atoms with van der Waals surface area (Å²) >= 11 is 0. The fourth-order valence-electron chi connectivity index (χ4n) is 1.51. The normalized spacial score (nSPS) is 9.88.